The number of carboxylic acids is 1. The molecule has 0 bridgehead atoms. The zero-order chi connectivity index (χ0) is 13.7. The summed E-state index contributed by atoms with van der Waals surface area (Å²) in [4.78, 5) is 11.8. The van der Waals surface area contributed by atoms with E-state index < -0.39 is 16.8 Å². The first-order valence-electron chi connectivity index (χ1n) is 5.76. The van der Waals surface area contributed by atoms with Gasteiger partial charge in [-0.1, -0.05) is 13.0 Å². The molecule has 5 heteroatoms. The number of methoxy groups -OCH3 is 1. The van der Waals surface area contributed by atoms with Crippen molar-refractivity contribution in [2.45, 2.75) is 25.2 Å². The summed E-state index contributed by atoms with van der Waals surface area (Å²) >= 11 is 0. The molecule has 1 N–H and O–H groups in total. The van der Waals surface area contributed by atoms with Crippen molar-refractivity contribution in [2.24, 2.45) is 0 Å². The Morgan fingerprint density at radius 3 is 2.61 bits per heavy atom. The molecular formula is C13H18O4S. The number of aryl methyl sites for hydroxylation is 1. The van der Waals surface area contributed by atoms with E-state index >= 15 is 0 Å². The zero-order valence-corrected chi connectivity index (χ0v) is 11.7. The van der Waals surface area contributed by atoms with Gasteiger partial charge in [-0.15, -0.1) is 0 Å². The molecule has 0 spiro atoms. The van der Waals surface area contributed by atoms with Crippen LogP contribution in [-0.4, -0.2) is 34.8 Å². The Labute approximate surface area is 109 Å². The number of aromatic carboxylic acids is 1. The molecule has 1 aromatic rings. The van der Waals surface area contributed by atoms with Crippen molar-refractivity contribution in [1.29, 1.82) is 0 Å². The van der Waals surface area contributed by atoms with Crippen molar-refractivity contribution < 1.29 is 18.8 Å². The molecule has 0 aliphatic carbocycles. The van der Waals surface area contributed by atoms with Crippen molar-refractivity contribution >= 4 is 16.8 Å². The summed E-state index contributed by atoms with van der Waals surface area (Å²) in [5.74, 6) is -0.593. The van der Waals surface area contributed by atoms with Gasteiger partial charge >= 0.3 is 5.97 Å². The first kappa shape index (κ1) is 14.9. The standard InChI is InChI=1S/C13H18O4S/c1-4-10-11(13(14)15)6-5-9(2)12(10)18(16)8-7-17-3/h5-6H,4,7-8H2,1-3H3,(H,14,15)/t18-/m0/s1. The maximum absolute atomic E-state index is 12.2. The fourth-order valence-corrected chi connectivity index (χ4v) is 3.35. The summed E-state index contributed by atoms with van der Waals surface area (Å²) in [6.07, 6.45) is 0.553. The lowest BCUT2D eigenvalue weighted by atomic mass is 10.0. The number of carbonyl (C=O) groups is 1. The van der Waals surface area contributed by atoms with Gasteiger partial charge in [-0.05, 0) is 30.5 Å². The van der Waals surface area contributed by atoms with E-state index in [4.69, 9.17) is 9.84 Å². The second kappa shape index (κ2) is 6.66. The number of rotatable bonds is 6. The van der Waals surface area contributed by atoms with Crippen molar-refractivity contribution in [1.82, 2.24) is 0 Å². The van der Waals surface area contributed by atoms with E-state index in [1.165, 1.54) is 0 Å². The van der Waals surface area contributed by atoms with Crippen LogP contribution >= 0.6 is 0 Å². The van der Waals surface area contributed by atoms with E-state index in [1.54, 1.807) is 19.2 Å². The Hall–Kier alpha value is -1.20. The molecule has 0 fully saturated rings. The van der Waals surface area contributed by atoms with Gasteiger partial charge in [-0.3, -0.25) is 4.21 Å². The molecule has 0 aliphatic rings. The largest absolute Gasteiger partial charge is 0.478 e. The van der Waals surface area contributed by atoms with Gasteiger partial charge in [-0.25, -0.2) is 4.79 Å². The van der Waals surface area contributed by atoms with Crippen LogP contribution < -0.4 is 0 Å². The average Bonchev–Trinajstić information content (AvgIpc) is 2.34. The zero-order valence-electron chi connectivity index (χ0n) is 10.9. The average molecular weight is 270 g/mol. The number of carboxylic acid groups (broad SMARTS) is 1. The van der Waals surface area contributed by atoms with Gasteiger partial charge in [0.1, 0.15) is 0 Å². The van der Waals surface area contributed by atoms with Crippen LogP contribution in [0.3, 0.4) is 0 Å². The van der Waals surface area contributed by atoms with Gasteiger partial charge in [0.2, 0.25) is 0 Å². The maximum atomic E-state index is 12.2. The predicted octanol–water partition coefficient (Wildman–Crippen LogP) is 2.01. The fourth-order valence-electron chi connectivity index (χ4n) is 1.87. The molecule has 18 heavy (non-hydrogen) atoms. The topological polar surface area (TPSA) is 63.6 Å². The smallest absolute Gasteiger partial charge is 0.336 e. The number of ether oxygens (including phenoxy) is 1. The second-order valence-corrected chi connectivity index (χ2v) is 5.45. The first-order chi connectivity index (χ1) is 8.52. The number of hydrogen-bond acceptors (Lipinski definition) is 3. The van der Waals surface area contributed by atoms with E-state index in [1.807, 2.05) is 13.8 Å². The summed E-state index contributed by atoms with van der Waals surface area (Å²) in [6, 6.07) is 3.29. The minimum absolute atomic E-state index is 0.240. The SMILES string of the molecule is CCc1c(C(=O)O)ccc(C)c1[S@@](=O)CCOC. The van der Waals surface area contributed by atoms with E-state index in [0.717, 1.165) is 5.56 Å². The Morgan fingerprint density at radius 1 is 1.44 bits per heavy atom. The fraction of sp³-hybridized carbons (Fsp3) is 0.462. The normalized spacial score (nSPS) is 12.4. The monoisotopic (exact) mass is 270 g/mol. The van der Waals surface area contributed by atoms with Crippen LogP contribution in [0.2, 0.25) is 0 Å². The molecule has 0 saturated heterocycles. The molecule has 0 heterocycles. The van der Waals surface area contributed by atoms with Crippen LogP contribution in [0.4, 0.5) is 0 Å². The van der Waals surface area contributed by atoms with Gasteiger partial charge in [0, 0.05) is 12.0 Å². The molecule has 100 valence electrons. The van der Waals surface area contributed by atoms with Gasteiger partial charge in [0.05, 0.1) is 28.7 Å². The highest BCUT2D eigenvalue weighted by Crippen LogP contribution is 2.23. The first-order valence-corrected chi connectivity index (χ1v) is 7.07. The highest BCUT2D eigenvalue weighted by molar-refractivity contribution is 7.85. The molecule has 0 radical (unpaired) electrons. The van der Waals surface area contributed by atoms with Crippen molar-refractivity contribution in [3.05, 3.63) is 28.8 Å². The summed E-state index contributed by atoms with van der Waals surface area (Å²) in [5, 5.41) is 9.15. The van der Waals surface area contributed by atoms with Gasteiger partial charge in [0.15, 0.2) is 0 Å². The molecule has 0 unspecified atom stereocenters. The van der Waals surface area contributed by atoms with Crippen molar-refractivity contribution in [3.8, 4) is 0 Å². The van der Waals surface area contributed by atoms with Crippen LogP contribution in [0.15, 0.2) is 17.0 Å². The van der Waals surface area contributed by atoms with Crippen LogP contribution in [0.25, 0.3) is 0 Å². The molecule has 0 saturated carbocycles. The molecule has 0 aliphatic heterocycles. The molecule has 0 amide bonds. The van der Waals surface area contributed by atoms with E-state index in [2.05, 4.69) is 0 Å². The lowest BCUT2D eigenvalue weighted by Gasteiger charge is -2.13. The van der Waals surface area contributed by atoms with Crippen molar-refractivity contribution in [2.75, 3.05) is 19.5 Å². The molecule has 1 atom stereocenters. The number of hydrogen-bond donors (Lipinski definition) is 1. The maximum Gasteiger partial charge on any atom is 0.336 e. The lowest BCUT2D eigenvalue weighted by Crippen LogP contribution is -2.12. The summed E-state index contributed by atoms with van der Waals surface area (Å²) in [7, 11) is 0.333. The summed E-state index contributed by atoms with van der Waals surface area (Å²) in [5.41, 5.74) is 1.77. The molecular weight excluding hydrogens is 252 g/mol. The third kappa shape index (κ3) is 3.17. The number of benzene rings is 1. The van der Waals surface area contributed by atoms with Gasteiger partial charge in [-0.2, -0.15) is 0 Å². The lowest BCUT2D eigenvalue weighted by molar-refractivity contribution is 0.0695. The van der Waals surface area contributed by atoms with Gasteiger partial charge < -0.3 is 9.84 Å². The van der Waals surface area contributed by atoms with Crippen LogP contribution in [0.1, 0.15) is 28.4 Å². The molecule has 1 aromatic carbocycles. The third-order valence-corrected chi connectivity index (χ3v) is 4.30. The van der Waals surface area contributed by atoms with Crippen molar-refractivity contribution in [3.63, 3.8) is 0 Å². The Bertz CT molecular complexity index is 468. The Kier molecular flexibility index (Phi) is 5.50. The Balaban J connectivity index is 3.27. The van der Waals surface area contributed by atoms with E-state index in [0.29, 0.717) is 29.2 Å². The summed E-state index contributed by atoms with van der Waals surface area (Å²) in [6.45, 7) is 4.12. The van der Waals surface area contributed by atoms with Gasteiger partial charge in [0.25, 0.3) is 0 Å². The molecule has 1 rings (SSSR count). The minimum atomic E-state index is -1.22. The quantitative estimate of drug-likeness (QED) is 0.859. The van der Waals surface area contributed by atoms with E-state index in [9.17, 15) is 9.00 Å². The van der Waals surface area contributed by atoms with Crippen LogP contribution in [-0.2, 0) is 22.0 Å². The second-order valence-electron chi connectivity index (χ2n) is 3.94. The van der Waals surface area contributed by atoms with Crippen LogP contribution in [0, 0.1) is 6.92 Å². The Morgan fingerprint density at radius 2 is 2.11 bits per heavy atom. The predicted molar refractivity (Wildman–Crippen MR) is 70.7 cm³/mol. The molecule has 0 aromatic heterocycles. The highest BCUT2D eigenvalue weighted by atomic mass is 32.2. The molecule has 4 nitrogen and oxygen atoms in total. The van der Waals surface area contributed by atoms with E-state index in [-0.39, 0.29) is 5.56 Å². The highest BCUT2D eigenvalue weighted by Gasteiger charge is 2.18. The third-order valence-electron chi connectivity index (χ3n) is 2.74. The van der Waals surface area contributed by atoms with Crippen LogP contribution in [0.5, 0.6) is 0 Å². The summed E-state index contributed by atoms with van der Waals surface area (Å²) < 4.78 is 17.1. The minimum Gasteiger partial charge on any atom is -0.478 e.